The molecule has 2 N–H and O–H groups in total. The molecule has 0 aliphatic carbocycles. The Kier molecular flexibility index (Phi) is 6.43. The van der Waals surface area contributed by atoms with Gasteiger partial charge in [-0.1, -0.05) is 12.0 Å². The molecule has 0 bridgehead atoms. The van der Waals surface area contributed by atoms with Crippen molar-refractivity contribution in [2.24, 2.45) is 0 Å². The highest BCUT2D eigenvalue weighted by Gasteiger charge is 2.27. The van der Waals surface area contributed by atoms with E-state index in [0.29, 0.717) is 5.89 Å². The van der Waals surface area contributed by atoms with Crippen LogP contribution in [0.5, 0.6) is 0 Å². The molecule has 1 rings (SSSR count). The minimum absolute atomic E-state index is 0.0763. The normalized spacial score (nSPS) is 13.5. The Hall–Kier alpha value is -0.960. The molecular weight excluding hydrogens is 281 g/mol. The van der Waals surface area contributed by atoms with Gasteiger partial charge in [-0.15, -0.1) is 5.10 Å². The maximum Gasteiger partial charge on any atom is 0.441 e. The van der Waals surface area contributed by atoms with E-state index in [-0.39, 0.29) is 36.1 Å². The number of nitrogens with zero attached hydrogens (tertiary/aromatic N) is 2. The lowest BCUT2D eigenvalue weighted by molar-refractivity contribution is -0.0327. The lowest BCUT2D eigenvalue weighted by Gasteiger charge is -2.07. The van der Waals surface area contributed by atoms with E-state index in [1.165, 1.54) is 0 Å². The molecule has 0 saturated carbocycles. The van der Waals surface area contributed by atoms with E-state index in [1.54, 1.807) is 0 Å². The highest BCUT2D eigenvalue weighted by Crippen LogP contribution is 2.29. The first-order valence-electron chi connectivity index (χ1n) is 5.93. The molecule has 1 heterocycles. The number of hydrogen-bond acceptors (Lipinski definition) is 6. The van der Waals surface area contributed by atoms with Gasteiger partial charge in [-0.25, -0.2) is 0 Å². The lowest BCUT2D eigenvalue weighted by Crippen LogP contribution is -2.19. The zero-order valence-electron chi connectivity index (χ0n) is 10.8. The second-order valence-corrected chi connectivity index (χ2v) is 5.00. The van der Waals surface area contributed by atoms with Crippen molar-refractivity contribution in [2.75, 3.05) is 24.2 Å². The van der Waals surface area contributed by atoms with E-state index < -0.39 is 5.51 Å². The Morgan fingerprint density at radius 1 is 1.32 bits per heavy atom. The molecule has 110 valence electrons. The summed E-state index contributed by atoms with van der Waals surface area (Å²) in [5, 5.41) is 13.4. The van der Waals surface area contributed by atoms with E-state index in [4.69, 9.17) is 4.42 Å². The number of aromatic nitrogens is 2. The molecule has 0 aliphatic rings. The minimum atomic E-state index is -4.21. The number of thioether (sulfide) groups is 1. The maximum atomic E-state index is 11.9. The molecule has 0 aliphatic heterocycles. The third-order valence-electron chi connectivity index (χ3n) is 2.16. The Balaban J connectivity index is 2.30. The number of halogens is 3. The SMILES string of the molecule is CCCNC(C)c1nnc(NCCSC(F)(F)F)o1. The van der Waals surface area contributed by atoms with Crippen molar-refractivity contribution in [3.8, 4) is 0 Å². The molecule has 0 fully saturated rings. The van der Waals surface area contributed by atoms with Crippen LogP contribution < -0.4 is 10.6 Å². The van der Waals surface area contributed by atoms with E-state index in [9.17, 15) is 13.2 Å². The van der Waals surface area contributed by atoms with Crippen molar-refractivity contribution in [1.29, 1.82) is 0 Å². The number of alkyl halides is 3. The zero-order chi connectivity index (χ0) is 14.3. The molecule has 1 unspecified atom stereocenters. The van der Waals surface area contributed by atoms with Crippen LogP contribution in [0.2, 0.25) is 0 Å². The predicted molar refractivity (Wildman–Crippen MR) is 68.0 cm³/mol. The highest BCUT2D eigenvalue weighted by molar-refractivity contribution is 8.00. The van der Waals surface area contributed by atoms with Crippen molar-refractivity contribution >= 4 is 17.8 Å². The fourth-order valence-electron chi connectivity index (χ4n) is 1.25. The molecule has 0 amide bonds. The second kappa shape index (κ2) is 7.59. The molecule has 0 radical (unpaired) electrons. The van der Waals surface area contributed by atoms with Gasteiger partial charge >= 0.3 is 11.5 Å². The Bertz CT molecular complexity index is 372. The summed E-state index contributed by atoms with van der Waals surface area (Å²) in [5.74, 6) is 0.310. The smallest absolute Gasteiger partial charge is 0.406 e. The molecule has 0 aromatic carbocycles. The van der Waals surface area contributed by atoms with Gasteiger partial charge in [-0.05, 0) is 31.7 Å². The standard InChI is InChI=1S/C10H17F3N4OS/c1-3-4-14-7(2)8-16-17-9(18-8)15-5-6-19-10(11,12)13/h7,14H,3-6H2,1-2H3,(H,15,17). The van der Waals surface area contributed by atoms with Crippen molar-refractivity contribution in [3.63, 3.8) is 0 Å². The van der Waals surface area contributed by atoms with Crippen molar-refractivity contribution in [3.05, 3.63) is 5.89 Å². The molecule has 0 spiro atoms. The third-order valence-corrected chi connectivity index (χ3v) is 2.89. The highest BCUT2D eigenvalue weighted by atomic mass is 32.2. The van der Waals surface area contributed by atoms with Crippen molar-refractivity contribution in [2.45, 2.75) is 31.8 Å². The van der Waals surface area contributed by atoms with Gasteiger partial charge in [0.15, 0.2) is 0 Å². The van der Waals surface area contributed by atoms with Crippen LogP contribution in [0, 0.1) is 0 Å². The molecular formula is C10H17F3N4OS. The predicted octanol–water partition coefficient (Wildman–Crippen LogP) is 2.80. The van der Waals surface area contributed by atoms with Crippen LogP contribution in [0.4, 0.5) is 19.2 Å². The van der Waals surface area contributed by atoms with Gasteiger partial charge in [0, 0.05) is 12.3 Å². The second-order valence-electron chi connectivity index (χ2n) is 3.84. The largest absolute Gasteiger partial charge is 0.441 e. The average molecular weight is 298 g/mol. The first-order valence-corrected chi connectivity index (χ1v) is 6.92. The van der Waals surface area contributed by atoms with Gasteiger partial charge in [-0.2, -0.15) is 13.2 Å². The first-order chi connectivity index (χ1) is 8.92. The van der Waals surface area contributed by atoms with Crippen molar-refractivity contribution < 1.29 is 17.6 Å². The summed E-state index contributed by atoms with van der Waals surface area (Å²) in [7, 11) is 0. The Morgan fingerprint density at radius 3 is 2.68 bits per heavy atom. The number of hydrogen-bond donors (Lipinski definition) is 2. The summed E-state index contributed by atoms with van der Waals surface area (Å²) in [5.41, 5.74) is -4.21. The fraction of sp³-hybridized carbons (Fsp3) is 0.800. The number of rotatable bonds is 8. The summed E-state index contributed by atoms with van der Waals surface area (Å²) in [4.78, 5) is 0. The van der Waals surface area contributed by atoms with Crippen LogP contribution in [-0.2, 0) is 0 Å². The summed E-state index contributed by atoms with van der Waals surface area (Å²) < 4.78 is 40.9. The molecule has 1 atom stereocenters. The van der Waals surface area contributed by atoms with Crippen LogP contribution in [0.1, 0.15) is 32.2 Å². The van der Waals surface area contributed by atoms with Gasteiger partial charge in [0.2, 0.25) is 5.89 Å². The molecule has 1 aromatic rings. The monoisotopic (exact) mass is 298 g/mol. The minimum Gasteiger partial charge on any atom is -0.406 e. The molecule has 19 heavy (non-hydrogen) atoms. The summed E-state index contributed by atoms with van der Waals surface area (Å²) in [6.07, 6.45) is 0.984. The molecule has 0 saturated heterocycles. The van der Waals surface area contributed by atoms with Gasteiger partial charge in [0.05, 0.1) is 6.04 Å². The molecule has 1 aromatic heterocycles. The first kappa shape index (κ1) is 16.1. The lowest BCUT2D eigenvalue weighted by atomic mass is 10.3. The Labute approximate surface area is 113 Å². The topological polar surface area (TPSA) is 63.0 Å². The number of nitrogens with one attached hydrogen (secondary N) is 2. The van der Waals surface area contributed by atoms with Crippen LogP contribution >= 0.6 is 11.8 Å². The van der Waals surface area contributed by atoms with Gasteiger partial charge in [-0.3, -0.25) is 0 Å². The van der Waals surface area contributed by atoms with Crippen LogP contribution in [-0.4, -0.2) is 34.5 Å². The van der Waals surface area contributed by atoms with Crippen LogP contribution in [0.25, 0.3) is 0 Å². The van der Waals surface area contributed by atoms with E-state index in [0.717, 1.165) is 13.0 Å². The third kappa shape index (κ3) is 6.67. The fourth-order valence-corrected chi connectivity index (χ4v) is 1.69. The van der Waals surface area contributed by atoms with E-state index >= 15 is 0 Å². The average Bonchev–Trinajstić information content (AvgIpc) is 2.79. The number of anilines is 1. The molecule has 9 heteroatoms. The summed E-state index contributed by atoms with van der Waals surface area (Å²) in [6.45, 7) is 4.86. The summed E-state index contributed by atoms with van der Waals surface area (Å²) >= 11 is -0.0877. The van der Waals surface area contributed by atoms with Gasteiger partial charge in [0.1, 0.15) is 0 Å². The van der Waals surface area contributed by atoms with Gasteiger partial charge < -0.3 is 15.1 Å². The Morgan fingerprint density at radius 2 is 2.05 bits per heavy atom. The van der Waals surface area contributed by atoms with Crippen molar-refractivity contribution in [1.82, 2.24) is 15.5 Å². The van der Waals surface area contributed by atoms with Crippen LogP contribution in [0.3, 0.4) is 0 Å². The van der Waals surface area contributed by atoms with Crippen LogP contribution in [0.15, 0.2) is 4.42 Å². The quantitative estimate of drug-likeness (QED) is 0.720. The van der Waals surface area contributed by atoms with Gasteiger partial charge in [0.25, 0.3) is 0 Å². The summed E-state index contributed by atoms with van der Waals surface area (Å²) in [6, 6.07) is 0.0653. The van der Waals surface area contributed by atoms with E-state index in [2.05, 4.69) is 20.8 Å². The van der Waals surface area contributed by atoms with E-state index in [1.807, 2.05) is 13.8 Å². The molecule has 5 nitrogen and oxygen atoms in total. The zero-order valence-corrected chi connectivity index (χ0v) is 11.6. The maximum absolute atomic E-state index is 11.9.